The first kappa shape index (κ1) is 15.4. The van der Waals surface area contributed by atoms with Crippen LogP contribution in [0.25, 0.3) is 0 Å². The number of hydrogen-bond donors (Lipinski definition) is 1. The fourth-order valence-corrected chi connectivity index (χ4v) is 4.43. The fraction of sp³-hybridized carbons (Fsp3) is 0.571. The van der Waals surface area contributed by atoms with Crippen LogP contribution in [0.15, 0.2) is 17.0 Å². The molecular formula is C14H22N2O3S. The number of nitrogens with zero attached hydrogens (tertiary/aromatic N) is 1. The van der Waals surface area contributed by atoms with Gasteiger partial charge >= 0.3 is 0 Å². The molecule has 2 N–H and O–H groups in total. The highest BCUT2D eigenvalue weighted by atomic mass is 32.2. The molecule has 1 saturated heterocycles. The molecule has 0 bridgehead atoms. The molecule has 1 fully saturated rings. The van der Waals surface area contributed by atoms with Crippen molar-refractivity contribution in [3.05, 3.63) is 28.8 Å². The summed E-state index contributed by atoms with van der Waals surface area (Å²) >= 11 is 0. The summed E-state index contributed by atoms with van der Waals surface area (Å²) < 4.78 is 32.5. The predicted molar refractivity (Wildman–Crippen MR) is 78.0 cm³/mol. The van der Waals surface area contributed by atoms with Crippen LogP contribution in [0.1, 0.15) is 23.6 Å². The third-order valence-electron chi connectivity index (χ3n) is 3.75. The molecule has 0 radical (unpaired) electrons. The maximum absolute atomic E-state index is 12.8. The van der Waals surface area contributed by atoms with E-state index in [0.29, 0.717) is 31.2 Å². The predicted octanol–water partition coefficient (Wildman–Crippen LogP) is 1.17. The number of benzene rings is 1. The second-order valence-electron chi connectivity index (χ2n) is 5.29. The molecule has 2 rings (SSSR count). The second kappa shape index (κ2) is 5.81. The summed E-state index contributed by atoms with van der Waals surface area (Å²) in [5, 5.41) is 0. The third-order valence-corrected chi connectivity index (χ3v) is 5.90. The Balaban J connectivity index is 2.48. The molecule has 0 spiro atoms. The fourth-order valence-electron chi connectivity index (χ4n) is 2.57. The Labute approximate surface area is 120 Å². The number of nitrogens with two attached hydrogens (primary N) is 1. The SMILES string of the molecule is Cc1cc(C)c(S(=O)(=O)N2CCOCC2C)cc1CN. The lowest BCUT2D eigenvalue weighted by Gasteiger charge is -2.32. The van der Waals surface area contributed by atoms with E-state index in [4.69, 9.17) is 10.5 Å². The summed E-state index contributed by atoms with van der Waals surface area (Å²) in [6, 6.07) is 3.46. The van der Waals surface area contributed by atoms with Crippen molar-refractivity contribution in [3.63, 3.8) is 0 Å². The van der Waals surface area contributed by atoms with Gasteiger partial charge in [-0.15, -0.1) is 0 Å². The normalized spacial score (nSPS) is 21.1. The molecule has 0 aromatic heterocycles. The van der Waals surface area contributed by atoms with E-state index in [1.807, 2.05) is 26.8 Å². The van der Waals surface area contributed by atoms with Crippen molar-refractivity contribution >= 4 is 10.0 Å². The summed E-state index contributed by atoms with van der Waals surface area (Å²) in [5.74, 6) is 0. The first-order valence-electron chi connectivity index (χ1n) is 6.77. The summed E-state index contributed by atoms with van der Waals surface area (Å²) in [4.78, 5) is 0.359. The van der Waals surface area contributed by atoms with Crippen LogP contribution in [-0.4, -0.2) is 38.5 Å². The molecule has 1 aromatic rings. The van der Waals surface area contributed by atoms with Crippen molar-refractivity contribution in [2.45, 2.75) is 38.3 Å². The Bertz CT molecular complexity index is 599. The van der Waals surface area contributed by atoms with E-state index in [2.05, 4.69) is 0 Å². The van der Waals surface area contributed by atoms with Crippen LogP contribution in [0.3, 0.4) is 0 Å². The number of ether oxygens (including phenoxy) is 1. The Morgan fingerprint density at radius 2 is 2.05 bits per heavy atom. The lowest BCUT2D eigenvalue weighted by Crippen LogP contribution is -2.47. The standard InChI is InChI=1S/C14H22N2O3S/c1-10-6-11(2)14(7-13(10)8-15)20(17,18)16-4-5-19-9-12(16)3/h6-7,12H,4-5,8-9,15H2,1-3H3. The molecule has 20 heavy (non-hydrogen) atoms. The minimum atomic E-state index is -3.49. The minimum absolute atomic E-state index is 0.143. The van der Waals surface area contributed by atoms with Gasteiger partial charge in [0.25, 0.3) is 0 Å². The zero-order valence-electron chi connectivity index (χ0n) is 12.2. The van der Waals surface area contributed by atoms with Gasteiger partial charge < -0.3 is 10.5 Å². The average molecular weight is 298 g/mol. The van der Waals surface area contributed by atoms with Crippen molar-refractivity contribution < 1.29 is 13.2 Å². The van der Waals surface area contributed by atoms with Crippen molar-refractivity contribution in [1.29, 1.82) is 0 Å². The van der Waals surface area contributed by atoms with Crippen LogP contribution in [0, 0.1) is 13.8 Å². The van der Waals surface area contributed by atoms with Crippen LogP contribution in [0.4, 0.5) is 0 Å². The van der Waals surface area contributed by atoms with E-state index in [0.717, 1.165) is 16.7 Å². The summed E-state index contributed by atoms with van der Waals surface area (Å²) in [6.07, 6.45) is 0. The molecule has 0 saturated carbocycles. The van der Waals surface area contributed by atoms with Gasteiger partial charge in [0.15, 0.2) is 0 Å². The number of rotatable bonds is 3. The highest BCUT2D eigenvalue weighted by Crippen LogP contribution is 2.26. The molecule has 1 aromatic carbocycles. The molecular weight excluding hydrogens is 276 g/mol. The average Bonchev–Trinajstić information content (AvgIpc) is 2.38. The van der Waals surface area contributed by atoms with Gasteiger partial charge in [-0.05, 0) is 43.5 Å². The molecule has 1 aliphatic rings. The van der Waals surface area contributed by atoms with Crippen molar-refractivity contribution in [2.24, 2.45) is 5.73 Å². The molecule has 1 heterocycles. The van der Waals surface area contributed by atoms with Crippen LogP contribution >= 0.6 is 0 Å². The highest BCUT2D eigenvalue weighted by Gasteiger charge is 2.32. The molecule has 112 valence electrons. The third kappa shape index (κ3) is 2.74. The number of morpholine rings is 1. The summed E-state index contributed by atoms with van der Waals surface area (Å²) in [7, 11) is -3.49. The van der Waals surface area contributed by atoms with Crippen LogP contribution in [0.5, 0.6) is 0 Å². The van der Waals surface area contributed by atoms with E-state index < -0.39 is 10.0 Å². The zero-order valence-corrected chi connectivity index (χ0v) is 13.0. The van der Waals surface area contributed by atoms with Gasteiger partial charge in [0, 0.05) is 19.1 Å². The van der Waals surface area contributed by atoms with Crippen molar-refractivity contribution in [3.8, 4) is 0 Å². The maximum Gasteiger partial charge on any atom is 0.243 e. The smallest absolute Gasteiger partial charge is 0.243 e. The first-order chi connectivity index (χ1) is 9.37. The van der Waals surface area contributed by atoms with Gasteiger partial charge in [0.2, 0.25) is 10.0 Å². The number of aryl methyl sites for hydroxylation is 2. The quantitative estimate of drug-likeness (QED) is 0.909. The summed E-state index contributed by atoms with van der Waals surface area (Å²) in [5.41, 5.74) is 8.35. The Kier molecular flexibility index (Phi) is 4.49. The zero-order chi connectivity index (χ0) is 14.9. The van der Waals surface area contributed by atoms with E-state index in [1.54, 1.807) is 6.07 Å². The molecule has 1 unspecified atom stereocenters. The number of hydrogen-bond acceptors (Lipinski definition) is 4. The highest BCUT2D eigenvalue weighted by molar-refractivity contribution is 7.89. The van der Waals surface area contributed by atoms with Crippen molar-refractivity contribution in [2.75, 3.05) is 19.8 Å². The van der Waals surface area contributed by atoms with Gasteiger partial charge in [-0.2, -0.15) is 4.31 Å². The Hall–Kier alpha value is -0.950. The van der Waals surface area contributed by atoms with Gasteiger partial charge in [-0.3, -0.25) is 0 Å². The van der Waals surface area contributed by atoms with Crippen molar-refractivity contribution in [1.82, 2.24) is 4.31 Å². The van der Waals surface area contributed by atoms with Crippen LogP contribution in [0.2, 0.25) is 0 Å². The first-order valence-corrected chi connectivity index (χ1v) is 8.21. The van der Waals surface area contributed by atoms with E-state index in [1.165, 1.54) is 4.31 Å². The Morgan fingerprint density at radius 3 is 2.65 bits per heavy atom. The van der Waals surface area contributed by atoms with Crippen LogP contribution < -0.4 is 5.73 Å². The van der Waals surface area contributed by atoms with E-state index in [-0.39, 0.29) is 6.04 Å². The topological polar surface area (TPSA) is 72.6 Å². The lowest BCUT2D eigenvalue weighted by molar-refractivity contribution is 0.0392. The number of sulfonamides is 1. The van der Waals surface area contributed by atoms with Gasteiger partial charge in [0.1, 0.15) is 0 Å². The monoisotopic (exact) mass is 298 g/mol. The van der Waals surface area contributed by atoms with E-state index >= 15 is 0 Å². The lowest BCUT2D eigenvalue weighted by atomic mass is 10.1. The van der Waals surface area contributed by atoms with Gasteiger partial charge in [-0.25, -0.2) is 8.42 Å². The second-order valence-corrected chi connectivity index (χ2v) is 7.15. The van der Waals surface area contributed by atoms with Gasteiger partial charge in [-0.1, -0.05) is 6.07 Å². The summed E-state index contributed by atoms with van der Waals surface area (Å²) in [6.45, 7) is 7.26. The molecule has 0 amide bonds. The molecule has 0 aliphatic carbocycles. The van der Waals surface area contributed by atoms with Crippen LogP contribution in [-0.2, 0) is 21.3 Å². The molecule has 6 heteroatoms. The van der Waals surface area contributed by atoms with E-state index in [9.17, 15) is 8.42 Å². The molecule has 5 nitrogen and oxygen atoms in total. The maximum atomic E-state index is 12.8. The van der Waals surface area contributed by atoms with Gasteiger partial charge in [0.05, 0.1) is 18.1 Å². The molecule has 1 aliphatic heterocycles. The molecule has 1 atom stereocenters. The minimum Gasteiger partial charge on any atom is -0.378 e. The largest absolute Gasteiger partial charge is 0.378 e. The Morgan fingerprint density at radius 1 is 1.35 bits per heavy atom.